The summed E-state index contributed by atoms with van der Waals surface area (Å²) in [5.74, 6) is 1.52. The average Bonchev–Trinajstić information content (AvgIpc) is 4.06. The molecule has 4 aliphatic carbocycles. The zero-order valence-electron chi connectivity index (χ0n) is 32.0. The first-order valence-electron chi connectivity index (χ1n) is 20.9. The Morgan fingerprint density at radius 1 is 0.526 bits per heavy atom. The van der Waals surface area contributed by atoms with Crippen molar-refractivity contribution in [1.82, 2.24) is 0 Å². The summed E-state index contributed by atoms with van der Waals surface area (Å²) in [5.41, 5.74) is 17.3. The molecule has 57 heavy (non-hydrogen) atoms. The molecule has 274 valence electrons. The zero-order valence-corrected chi connectivity index (χ0v) is 32.8. The number of allylic oxidation sites excluding steroid dienone is 4. The summed E-state index contributed by atoms with van der Waals surface area (Å²) < 4.78 is 2.64. The molecular formula is C55H43NS. The molecule has 2 fully saturated rings. The second-order valence-corrected chi connectivity index (χ2v) is 17.7. The third-order valence-corrected chi connectivity index (χ3v) is 14.9. The van der Waals surface area contributed by atoms with Crippen LogP contribution in [-0.4, -0.2) is 0 Å². The minimum atomic E-state index is 0.0929. The molecular weight excluding hydrogens is 707 g/mol. The van der Waals surface area contributed by atoms with Gasteiger partial charge in [0.25, 0.3) is 0 Å². The van der Waals surface area contributed by atoms with E-state index in [-0.39, 0.29) is 5.41 Å². The number of fused-ring (bicyclic) bond motifs is 11. The molecule has 0 aliphatic heterocycles. The van der Waals surface area contributed by atoms with Gasteiger partial charge in [0, 0.05) is 36.8 Å². The predicted molar refractivity (Wildman–Crippen MR) is 243 cm³/mol. The van der Waals surface area contributed by atoms with E-state index in [2.05, 4.69) is 181 Å². The lowest BCUT2D eigenvalue weighted by Crippen LogP contribution is -2.32. The Hall–Kier alpha value is -5.96. The maximum Gasteiger partial charge on any atom is 0.0555 e. The van der Waals surface area contributed by atoms with Gasteiger partial charge in [-0.3, -0.25) is 0 Å². The highest BCUT2D eigenvalue weighted by atomic mass is 32.1. The Morgan fingerprint density at radius 3 is 1.98 bits per heavy atom. The van der Waals surface area contributed by atoms with Gasteiger partial charge in [0.1, 0.15) is 0 Å². The van der Waals surface area contributed by atoms with E-state index in [4.69, 9.17) is 0 Å². The van der Waals surface area contributed by atoms with Crippen molar-refractivity contribution in [2.24, 2.45) is 11.8 Å². The molecule has 0 radical (unpaired) electrons. The van der Waals surface area contributed by atoms with Crippen LogP contribution in [0.15, 0.2) is 176 Å². The topological polar surface area (TPSA) is 3.24 Å². The van der Waals surface area contributed by atoms with Crippen LogP contribution in [0.5, 0.6) is 0 Å². The molecule has 0 N–H and O–H groups in total. The largest absolute Gasteiger partial charge is 0.309 e. The lowest BCUT2D eigenvalue weighted by Gasteiger charge is -2.37. The second kappa shape index (κ2) is 13.0. The van der Waals surface area contributed by atoms with Crippen LogP contribution in [0.1, 0.15) is 55.2 Å². The van der Waals surface area contributed by atoms with Crippen LogP contribution in [0.25, 0.3) is 59.1 Å². The van der Waals surface area contributed by atoms with E-state index >= 15 is 0 Å². The van der Waals surface area contributed by atoms with Crippen molar-refractivity contribution in [2.45, 2.75) is 43.9 Å². The molecule has 2 bridgehead atoms. The van der Waals surface area contributed by atoms with Gasteiger partial charge >= 0.3 is 0 Å². The Labute approximate surface area is 339 Å². The van der Waals surface area contributed by atoms with E-state index in [9.17, 15) is 0 Å². The molecule has 4 aliphatic rings. The fourth-order valence-electron chi connectivity index (χ4n) is 11.5. The SMILES string of the molecule is C1=CC(c2ccccc2-c2ccccc2-c2ccccc2N(c2ccc3c(c2)C2(CC4CCC2C4)c2ccccc2-3)c2cccc3sc4ccccc4c23)=CCC1. The number of anilines is 3. The van der Waals surface area contributed by atoms with Crippen molar-refractivity contribution in [3.05, 3.63) is 193 Å². The first kappa shape index (κ1) is 33.2. The van der Waals surface area contributed by atoms with Crippen LogP contribution in [-0.2, 0) is 5.41 Å². The maximum atomic E-state index is 2.61. The number of nitrogens with zero attached hydrogens (tertiary/aromatic N) is 1. The van der Waals surface area contributed by atoms with E-state index in [0.717, 1.165) is 18.8 Å². The third-order valence-electron chi connectivity index (χ3n) is 13.8. The molecule has 2 heteroatoms. The smallest absolute Gasteiger partial charge is 0.0555 e. The highest BCUT2D eigenvalue weighted by Gasteiger charge is 2.56. The second-order valence-electron chi connectivity index (χ2n) is 16.7. The number of benzene rings is 7. The van der Waals surface area contributed by atoms with Crippen molar-refractivity contribution < 1.29 is 0 Å². The molecule has 1 heterocycles. The van der Waals surface area contributed by atoms with Gasteiger partial charge in [0.2, 0.25) is 0 Å². The Morgan fingerprint density at radius 2 is 1.19 bits per heavy atom. The summed E-state index contributed by atoms with van der Waals surface area (Å²) >= 11 is 1.90. The monoisotopic (exact) mass is 749 g/mol. The normalized spacial score (nSPS) is 20.3. The van der Waals surface area contributed by atoms with Crippen molar-refractivity contribution in [2.75, 3.05) is 4.90 Å². The molecule has 2 saturated carbocycles. The predicted octanol–water partition coefficient (Wildman–Crippen LogP) is 15.7. The van der Waals surface area contributed by atoms with Gasteiger partial charge < -0.3 is 4.90 Å². The van der Waals surface area contributed by atoms with E-state index in [1.807, 2.05) is 11.3 Å². The quantitative estimate of drug-likeness (QED) is 0.164. The highest BCUT2D eigenvalue weighted by molar-refractivity contribution is 7.26. The van der Waals surface area contributed by atoms with Gasteiger partial charge in [-0.1, -0.05) is 146 Å². The number of para-hydroxylation sites is 1. The molecule has 1 nitrogen and oxygen atoms in total. The summed E-state index contributed by atoms with van der Waals surface area (Å²) in [6, 6.07) is 59.9. The van der Waals surface area contributed by atoms with Crippen LogP contribution in [0.2, 0.25) is 0 Å². The van der Waals surface area contributed by atoms with Gasteiger partial charge in [-0.2, -0.15) is 0 Å². The van der Waals surface area contributed by atoms with Crippen molar-refractivity contribution in [3.63, 3.8) is 0 Å². The minimum absolute atomic E-state index is 0.0929. The summed E-state index contributed by atoms with van der Waals surface area (Å²) in [4.78, 5) is 2.61. The van der Waals surface area contributed by atoms with Gasteiger partial charge in [0.15, 0.2) is 0 Å². The van der Waals surface area contributed by atoms with Crippen LogP contribution in [0.4, 0.5) is 17.1 Å². The summed E-state index contributed by atoms with van der Waals surface area (Å²) in [7, 11) is 0. The molecule has 12 rings (SSSR count). The number of hydrogen-bond donors (Lipinski definition) is 0. The molecule has 1 spiro atoms. The zero-order chi connectivity index (χ0) is 37.5. The maximum absolute atomic E-state index is 2.61. The van der Waals surface area contributed by atoms with E-state index in [1.165, 1.54) is 107 Å². The summed E-state index contributed by atoms with van der Waals surface area (Å²) in [6.07, 6.45) is 14.6. The van der Waals surface area contributed by atoms with Crippen molar-refractivity contribution in [3.8, 4) is 33.4 Å². The van der Waals surface area contributed by atoms with E-state index in [0.29, 0.717) is 5.92 Å². The Balaban J connectivity index is 1.11. The van der Waals surface area contributed by atoms with Crippen molar-refractivity contribution >= 4 is 54.1 Å². The Kier molecular flexibility index (Phi) is 7.60. The lowest BCUT2D eigenvalue weighted by atomic mass is 9.67. The summed E-state index contributed by atoms with van der Waals surface area (Å²) in [6.45, 7) is 0. The first-order valence-corrected chi connectivity index (χ1v) is 21.7. The fraction of sp³-hybridized carbons (Fsp3) is 0.164. The Bertz CT molecular complexity index is 2960. The summed E-state index contributed by atoms with van der Waals surface area (Å²) in [5, 5.41) is 2.64. The first-order chi connectivity index (χ1) is 28.3. The van der Waals surface area contributed by atoms with Crippen LogP contribution in [0, 0.1) is 11.8 Å². The van der Waals surface area contributed by atoms with Crippen LogP contribution >= 0.6 is 11.3 Å². The molecule has 1 aromatic heterocycles. The standard InChI is InChI=1S/C55H43NS/c1-2-15-37(16-3-1)40-17-4-5-18-41(40)42-19-6-7-20-43(42)46-22-9-12-25-50(46)56(51-26-14-28-53-54(51)47-23-10-13-27-52(47)57-53)39-31-32-45-44-21-8-11-24-48(44)55(49(45)34-39)35-36-29-30-38(55)33-36/h2,4-28,31-32,34,36,38H,1,3,29-30,33,35H2. The minimum Gasteiger partial charge on any atom is -0.309 e. The number of thiophene rings is 1. The lowest BCUT2D eigenvalue weighted by molar-refractivity contribution is 0.327. The molecule has 3 unspecified atom stereocenters. The van der Waals surface area contributed by atoms with Gasteiger partial charge in [-0.05, 0) is 130 Å². The van der Waals surface area contributed by atoms with Gasteiger partial charge in [-0.25, -0.2) is 0 Å². The molecule has 8 aromatic rings. The molecule has 0 saturated heterocycles. The average molecular weight is 750 g/mol. The van der Waals surface area contributed by atoms with E-state index in [1.54, 1.807) is 11.1 Å². The molecule has 0 amide bonds. The fourth-order valence-corrected chi connectivity index (χ4v) is 12.6. The van der Waals surface area contributed by atoms with Crippen molar-refractivity contribution in [1.29, 1.82) is 0 Å². The van der Waals surface area contributed by atoms with E-state index < -0.39 is 0 Å². The van der Waals surface area contributed by atoms with Gasteiger partial charge in [-0.15, -0.1) is 11.3 Å². The van der Waals surface area contributed by atoms with Gasteiger partial charge in [0.05, 0.1) is 11.4 Å². The third kappa shape index (κ3) is 5.00. The number of hydrogen-bond acceptors (Lipinski definition) is 2. The molecule has 3 atom stereocenters. The number of rotatable bonds is 6. The van der Waals surface area contributed by atoms with Crippen LogP contribution in [0.3, 0.4) is 0 Å². The van der Waals surface area contributed by atoms with Crippen LogP contribution < -0.4 is 4.90 Å². The molecule has 7 aromatic carbocycles. The highest BCUT2D eigenvalue weighted by Crippen LogP contribution is 2.66.